The molecule has 0 heterocycles. The smallest absolute Gasteiger partial charge is 0.254 e. The zero-order valence-electron chi connectivity index (χ0n) is 6.75. The van der Waals surface area contributed by atoms with E-state index < -0.39 is 18.1 Å². The van der Waals surface area contributed by atoms with Crippen LogP contribution in [0.1, 0.15) is 0 Å². The zero-order valence-corrected chi connectivity index (χ0v) is 9.17. The number of rotatable bonds is 6. The highest BCUT2D eigenvalue weighted by molar-refractivity contribution is 6.90. The number of hydrogen-bond acceptors (Lipinski definition) is 1. The van der Waals surface area contributed by atoms with Crippen LogP contribution in [0.15, 0.2) is 49.1 Å². The predicted octanol–water partition coefficient (Wildman–Crippen LogP) is 1.35. The fraction of sp³-hybridized carbons (Fsp3) is 0. The van der Waals surface area contributed by atoms with Gasteiger partial charge in [0.2, 0.25) is 0 Å². The molecule has 0 atom stereocenters. The van der Waals surface area contributed by atoms with E-state index >= 15 is 0 Å². The van der Waals surface area contributed by atoms with Crippen molar-refractivity contribution in [3.05, 3.63) is 49.1 Å². The van der Waals surface area contributed by atoms with Crippen LogP contribution in [-0.2, 0) is 4.12 Å². The van der Waals surface area contributed by atoms with E-state index in [4.69, 9.17) is 4.12 Å². The first-order chi connectivity index (χ1) is 5.24. The van der Waals surface area contributed by atoms with Gasteiger partial charge in [-0.3, -0.25) is 0 Å². The lowest BCUT2D eigenvalue weighted by Gasteiger charge is -2.18. The van der Waals surface area contributed by atoms with Crippen molar-refractivity contribution in [3.63, 3.8) is 0 Å². The molecule has 11 heavy (non-hydrogen) atoms. The van der Waals surface area contributed by atoms with Crippen molar-refractivity contribution in [1.82, 2.24) is 0 Å². The van der Waals surface area contributed by atoms with Crippen LogP contribution in [0.3, 0.4) is 0 Å². The van der Waals surface area contributed by atoms with Gasteiger partial charge >= 0.3 is 0 Å². The third kappa shape index (κ3) is 2.84. The van der Waals surface area contributed by atoms with Crippen LogP contribution < -0.4 is 0 Å². The lowest BCUT2D eigenvalue weighted by molar-refractivity contribution is 0.627. The zero-order chi connectivity index (χ0) is 8.74. The van der Waals surface area contributed by atoms with Crippen molar-refractivity contribution < 1.29 is 4.12 Å². The Morgan fingerprint density at radius 2 is 1.45 bits per heavy atom. The Hall–Kier alpha value is -0.646. The first-order valence-corrected chi connectivity index (χ1v) is 6.93. The van der Waals surface area contributed by atoms with Gasteiger partial charge in [-0.1, -0.05) is 22.8 Å². The number of hydrogen-bond donors (Lipinski definition) is 0. The second-order valence-electron chi connectivity index (χ2n) is 2.07. The van der Waals surface area contributed by atoms with Crippen LogP contribution in [0.2, 0.25) is 0 Å². The van der Waals surface area contributed by atoms with Crippen LogP contribution >= 0.6 is 0 Å². The van der Waals surface area contributed by atoms with Crippen LogP contribution in [0.5, 0.6) is 0 Å². The molecule has 0 amide bonds. The van der Waals surface area contributed by atoms with E-state index in [1.807, 2.05) is 22.8 Å². The monoisotopic (exact) mass is 182 g/mol. The molecule has 0 fully saturated rings. The van der Waals surface area contributed by atoms with E-state index in [0.29, 0.717) is 0 Å². The second kappa shape index (κ2) is 5.06. The summed E-state index contributed by atoms with van der Waals surface area (Å²) in [5, 5.41) is 0. The van der Waals surface area contributed by atoms with Gasteiger partial charge in [-0.25, -0.2) is 0 Å². The Morgan fingerprint density at radius 3 is 1.73 bits per heavy atom. The second-order valence-corrected chi connectivity index (χ2v) is 7.06. The van der Waals surface area contributed by atoms with E-state index in [-0.39, 0.29) is 0 Å². The maximum absolute atomic E-state index is 5.63. The third-order valence-electron chi connectivity index (χ3n) is 1.41. The molecule has 0 bridgehead atoms. The normalized spacial score (nSPS) is 11.3. The Balaban J connectivity index is 4.27. The van der Waals surface area contributed by atoms with Crippen molar-refractivity contribution in [3.8, 4) is 0 Å². The SMILES string of the molecule is C=C[SiH2]O[Si](C=C)(C=C)C=C. The van der Waals surface area contributed by atoms with Crippen molar-refractivity contribution in [2.24, 2.45) is 0 Å². The van der Waals surface area contributed by atoms with Crippen LogP contribution in [-0.4, -0.2) is 18.1 Å². The van der Waals surface area contributed by atoms with Crippen LogP contribution in [0, 0.1) is 0 Å². The Kier molecular flexibility index (Phi) is 4.77. The summed E-state index contributed by atoms with van der Waals surface area (Å²) in [4.78, 5) is 0. The molecule has 0 spiro atoms. The average Bonchev–Trinajstić information content (AvgIpc) is 2.08. The van der Waals surface area contributed by atoms with Crippen molar-refractivity contribution >= 4 is 18.1 Å². The summed E-state index contributed by atoms with van der Waals surface area (Å²) in [6.07, 6.45) is 0. The molecule has 0 aliphatic heterocycles. The molecule has 3 heteroatoms. The largest absolute Gasteiger partial charge is 0.448 e. The molecule has 0 rings (SSSR count). The van der Waals surface area contributed by atoms with Gasteiger partial charge in [0.15, 0.2) is 9.76 Å². The minimum absolute atomic E-state index is 0.604. The Bertz CT molecular complexity index is 153. The van der Waals surface area contributed by atoms with Crippen LogP contribution in [0.25, 0.3) is 0 Å². The maximum Gasteiger partial charge on any atom is 0.254 e. The fourth-order valence-electron chi connectivity index (χ4n) is 0.630. The predicted molar refractivity (Wildman–Crippen MR) is 56.2 cm³/mol. The summed E-state index contributed by atoms with van der Waals surface area (Å²) in [5.74, 6) is 0. The minimum Gasteiger partial charge on any atom is -0.448 e. The van der Waals surface area contributed by atoms with Gasteiger partial charge in [0, 0.05) is 0 Å². The third-order valence-corrected chi connectivity index (χ3v) is 6.22. The van der Waals surface area contributed by atoms with Gasteiger partial charge in [-0.2, -0.15) is 0 Å². The summed E-state index contributed by atoms with van der Waals surface area (Å²) in [5.41, 5.74) is 7.31. The molecule has 0 aromatic heterocycles. The van der Waals surface area contributed by atoms with Crippen LogP contribution in [0.4, 0.5) is 0 Å². The molecular weight excluding hydrogens is 168 g/mol. The topological polar surface area (TPSA) is 9.23 Å². The van der Waals surface area contributed by atoms with E-state index in [0.717, 1.165) is 0 Å². The van der Waals surface area contributed by atoms with E-state index in [9.17, 15) is 0 Å². The lowest BCUT2D eigenvalue weighted by atomic mass is 11.2. The van der Waals surface area contributed by atoms with Gasteiger partial charge in [0.1, 0.15) is 0 Å². The van der Waals surface area contributed by atoms with Gasteiger partial charge in [0.05, 0.1) is 0 Å². The lowest BCUT2D eigenvalue weighted by Crippen LogP contribution is -2.32. The highest BCUT2D eigenvalue weighted by Crippen LogP contribution is 2.07. The minimum atomic E-state index is -1.96. The van der Waals surface area contributed by atoms with Crippen molar-refractivity contribution in [1.29, 1.82) is 0 Å². The molecule has 0 unspecified atom stereocenters. The summed E-state index contributed by atoms with van der Waals surface area (Å²) >= 11 is 0. The van der Waals surface area contributed by atoms with Gasteiger partial charge in [-0.15, -0.1) is 26.3 Å². The van der Waals surface area contributed by atoms with E-state index in [1.54, 1.807) is 0 Å². The fourth-order valence-corrected chi connectivity index (χ4v) is 4.17. The van der Waals surface area contributed by atoms with Crippen molar-refractivity contribution in [2.45, 2.75) is 0 Å². The molecular formula is C8H14OSi2. The molecule has 0 aliphatic carbocycles. The Morgan fingerprint density at radius 1 is 1.00 bits per heavy atom. The van der Waals surface area contributed by atoms with Gasteiger partial charge < -0.3 is 4.12 Å². The first-order valence-electron chi connectivity index (χ1n) is 3.40. The molecule has 0 saturated heterocycles. The van der Waals surface area contributed by atoms with Gasteiger partial charge in [0.25, 0.3) is 8.32 Å². The first kappa shape index (κ1) is 10.4. The highest BCUT2D eigenvalue weighted by atomic mass is 28.4. The maximum atomic E-state index is 5.63. The quantitative estimate of drug-likeness (QED) is 0.564. The summed E-state index contributed by atoms with van der Waals surface area (Å²) in [6.45, 7) is 14.8. The molecule has 1 nitrogen and oxygen atoms in total. The Labute approximate surface area is 71.9 Å². The molecule has 0 aromatic rings. The molecule has 0 saturated carbocycles. The molecule has 60 valence electrons. The van der Waals surface area contributed by atoms with E-state index in [2.05, 4.69) is 26.3 Å². The average molecular weight is 182 g/mol. The summed E-state index contributed by atoms with van der Waals surface area (Å²) in [6, 6.07) is 0. The molecule has 0 N–H and O–H groups in total. The standard InChI is InChI=1S/C8H14OSi2/c1-5-10-9-11(6-2,7-3)8-4/h5-8H,1-4,10H2. The van der Waals surface area contributed by atoms with Gasteiger partial charge in [-0.05, 0) is 0 Å². The molecule has 0 aromatic carbocycles. The molecule has 0 aliphatic rings. The molecule has 0 radical (unpaired) electrons. The summed E-state index contributed by atoms with van der Waals surface area (Å²) < 4.78 is 5.63. The summed E-state index contributed by atoms with van der Waals surface area (Å²) in [7, 11) is -2.56. The highest BCUT2D eigenvalue weighted by Gasteiger charge is 2.21. The van der Waals surface area contributed by atoms with E-state index in [1.165, 1.54) is 0 Å². The van der Waals surface area contributed by atoms with Crippen molar-refractivity contribution in [2.75, 3.05) is 0 Å².